The van der Waals surface area contributed by atoms with Crippen LogP contribution in [-0.2, 0) is 24.9 Å². The summed E-state index contributed by atoms with van der Waals surface area (Å²) in [6, 6.07) is 5.50. The molecule has 1 atom stereocenters. The Balaban J connectivity index is 1.92. The molecule has 0 radical (unpaired) electrons. The lowest BCUT2D eigenvalue weighted by atomic mass is 10.1. The Morgan fingerprint density at radius 3 is 2.63 bits per heavy atom. The summed E-state index contributed by atoms with van der Waals surface area (Å²) in [6.07, 6.45) is -1.41. The number of anilines is 1. The number of hydrogen-bond donors (Lipinski definition) is 1. The van der Waals surface area contributed by atoms with E-state index in [2.05, 4.69) is 15.4 Å². The van der Waals surface area contributed by atoms with Gasteiger partial charge in [0.25, 0.3) is 0 Å². The third-order valence-electron chi connectivity index (χ3n) is 4.93. The highest BCUT2D eigenvalue weighted by Crippen LogP contribution is 2.40. The van der Waals surface area contributed by atoms with Gasteiger partial charge in [0, 0.05) is 30.7 Å². The Bertz CT molecular complexity index is 1110. The van der Waals surface area contributed by atoms with Crippen LogP contribution in [0.25, 0.3) is 10.9 Å². The van der Waals surface area contributed by atoms with Gasteiger partial charge < -0.3 is 19.5 Å². The lowest BCUT2D eigenvalue weighted by molar-refractivity contribution is -0.140. The average Bonchev–Trinajstić information content (AvgIpc) is 3.21. The second kappa shape index (κ2) is 7.35. The monoisotopic (exact) mass is 420 g/mol. The van der Waals surface area contributed by atoms with E-state index in [-0.39, 0.29) is 5.90 Å². The van der Waals surface area contributed by atoms with E-state index in [0.29, 0.717) is 28.8 Å². The fraction of sp³-hybridized carbons (Fsp3) is 0.400. The number of fused-ring (bicyclic) bond motifs is 3. The van der Waals surface area contributed by atoms with E-state index in [1.54, 1.807) is 24.0 Å². The molecule has 0 saturated heterocycles. The Labute approximate surface area is 171 Å². The number of alkyl halides is 3. The maximum atomic E-state index is 13.4. The zero-order valence-corrected chi connectivity index (χ0v) is 17.2. The molecule has 0 bridgehead atoms. The number of halogens is 3. The predicted molar refractivity (Wildman–Crippen MR) is 109 cm³/mol. The number of aliphatic imine (C=N–C) groups is 1. The smallest absolute Gasteiger partial charge is 0.406 e. The molecule has 4 rings (SSSR count). The molecule has 160 valence electrons. The summed E-state index contributed by atoms with van der Waals surface area (Å²) < 4.78 is 48.5. The normalized spacial score (nSPS) is 16.5. The van der Waals surface area contributed by atoms with Gasteiger partial charge in [-0.3, -0.25) is 4.68 Å². The molecule has 3 heterocycles. The van der Waals surface area contributed by atoms with Crippen molar-refractivity contribution in [3.63, 3.8) is 0 Å². The fourth-order valence-electron chi connectivity index (χ4n) is 3.81. The van der Waals surface area contributed by atoms with Crippen LogP contribution in [0.4, 0.5) is 18.9 Å². The van der Waals surface area contributed by atoms with Gasteiger partial charge >= 0.3 is 6.18 Å². The Hall–Kier alpha value is -3.01. The molecule has 0 amide bonds. The molecule has 7 nitrogen and oxygen atoms in total. The van der Waals surface area contributed by atoms with Crippen LogP contribution in [0.3, 0.4) is 0 Å². The van der Waals surface area contributed by atoms with Gasteiger partial charge in [-0.25, -0.2) is 4.99 Å². The van der Waals surface area contributed by atoms with E-state index in [1.165, 1.54) is 11.7 Å². The number of aromatic nitrogens is 3. The minimum atomic E-state index is -4.39. The first-order valence-electron chi connectivity index (χ1n) is 9.40. The first-order chi connectivity index (χ1) is 14.2. The highest BCUT2D eigenvalue weighted by atomic mass is 19.4. The third-order valence-corrected chi connectivity index (χ3v) is 4.93. The van der Waals surface area contributed by atoms with Crippen molar-refractivity contribution in [2.24, 2.45) is 12.0 Å². The van der Waals surface area contributed by atoms with Gasteiger partial charge in [0.2, 0.25) is 5.90 Å². The number of rotatable bonds is 4. The minimum Gasteiger partial charge on any atom is -0.480 e. The van der Waals surface area contributed by atoms with Crippen LogP contribution in [0.1, 0.15) is 23.0 Å². The van der Waals surface area contributed by atoms with Crippen molar-refractivity contribution in [3.8, 4) is 0 Å². The second-order valence-electron chi connectivity index (χ2n) is 7.65. The van der Waals surface area contributed by atoms with E-state index in [4.69, 9.17) is 4.74 Å². The average molecular weight is 420 g/mol. The predicted octanol–water partition coefficient (Wildman–Crippen LogP) is 3.52. The summed E-state index contributed by atoms with van der Waals surface area (Å²) in [6.45, 7) is -0.458. The molecule has 2 aromatic heterocycles. The number of benzene rings is 1. The van der Waals surface area contributed by atoms with Crippen LogP contribution in [0.15, 0.2) is 35.6 Å². The van der Waals surface area contributed by atoms with Gasteiger partial charge in [-0.1, -0.05) is 6.07 Å². The van der Waals surface area contributed by atoms with Crippen molar-refractivity contribution in [2.75, 3.05) is 26.5 Å². The summed E-state index contributed by atoms with van der Waals surface area (Å²) in [5, 5.41) is 8.17. The lowest BCUT2D eigenvalue weighted by Crippen LogP contribution is -2.26. The molecule has 3 aromatic rings. The summed E-state index contributed by atoms with van der Waals surface area (Å²) >= 11 is 0. The summed E-state index contributed by atoms with van der Waals surface area (Å²) in [4.78, 5) is 6.52. The summed E-state index contributed by atoms with van der Waals surface area (Å²) in [5.74, 6) is 0.159. The maximum Gasteiger partial charge on any atom is 0.406 e. The standard InChI is InChI=1S/C20H23F3N6O/c1-27(2)9-12-5-6-15-14(7-12)16-17(29(15)11-20(21,22)23)19(30-4)26-18(25-16)13-8-24-28(3)10-13/h5-8,10,18,25H,9,11H2,1-4H3. The topological polar surface area (TPSA) is 59.6 Å². The molecule has 1 unspecified atom stereocenters. The lowest BCUT2D eigenvalue weighted by Gasteiger charge is -2.23. The van der Waals surface area contributed by atoms with Crippen LogP contribution in [0.2, 0.25) is 0 Å². The number of ether oxygens (including phenoxy) is 1. The second-order valence-corrected chi connectivity index (χ2v) is 7.65. The first kappa shape index (κ1) is 20.3. The zero-order chi connectivity index (χ0) is 21.6. The van der Waals surface area contributed by atoms with Crippen LogP contribution < -0.4 is 5.32 Å². The summed E-state index contributed by atoms with van der Waals surface area (Å²) in [7, 11) is 7.10. The number of aryl methyl sites for hydroxylation is 1. The Morgan fingerprint density at radius 1 is 1.27 bits per heavy atom. The Morgan fingerprint density at radius 2 is 2.03 bits per heavy atom. The van der Waals surface area contributed by atoms with E-state index >= 15 is 0 Å². The van der Waals surface area contributed by atoms with Gasteiger partial charge in [-0.05, 0) is 31.8 Å². The van der Waals surface area contributed by atoms with E-state index in [1.807, 2.05) is 37.3 Å². The van der Waals surface area contributed by atoms with Crippen molar-refractivity contribution in [1.29, 1.82) is 0 Å². The molecule has 0 fully saturated rings. The maximum absolute atomic E-state index is 13.4. The van der Waals surface area contributed by atoms with Crippen molar-refractivity contribution in [3.05, 3.63) is 47.4 Å². The quantitative estimate of drug-likeness (QED) is 0.702. The molecule has 10 heteroatoms. The van der Waals surface area contributed by atoms with E-state index < -0.39 is 18.9 Å². The zero-order valence-electron chi connectivity index (χ0n) is 17.2. The molecule has 1 aliphatic heterocycles. The van der Waals surface area contributed by atoms with E-state index in [0.717, 1.165) is 11.1 Å². The van der Waals surface area contributed by atoms with Crippen LogP contribution in [-0.4, -0.2) is 52.5 Å². The van der Waals surface area contributed by atoms with E-state index in [9.17, 15) is 13.2 Å². The third kappa shape index (κ3) is 3.74. The molecule has 0 saturated carbocycles. The fourth-order valence-corrected chi connectivity index (χ4v) is 3.81. The van der Waals surface area contributed by atoms with Gasteiger partial charge in [-0.2, -0.15) is 18.3 Å². The van der Waals surface area contributed by atoms with Crippen molar-refractivity contribution in [1.82, 2.24) is 19.2 Å². The van der Waals surface area contributed by atoms with Crippen LogP contribution >= 0.6 is 0 Å². The number of hydrogen-bond acceptors (Lipinski definition) is 5. The van der Waals surface area contributed by atoms with Crippen molar-refractivity contribution in [2.45, 2.75) is 25.4 Å². The molecule has 0 spiro atoms. The first-order valence-corrected chi connectivity index (χ1v) is 9.40. The summed E-state index contributed by atoms with van der Waals surface area (Å²) in [5.41, 5.74) is 3.14. The van der Waals surface area contributed by atoms with Crippen molar-refractivity contribution >= 4 is 22.5 Å². The highest BCUT2D eigenvalue weighted by Gasteiger charge is 2.35. The van der Waals surface area contributed by atoms with Crippen molar-refractivity contribution < 1.29 is 17.9 Å². The number of methoxy groups -OCH3 is 1. The van der Waals surface area contributed by atoms with Gasteiger partial charge in [0.1, 0.15) is 12.2 Å². The van der Waals surface area contributed by atoms with Gasteiger partial charge in [-0.15, -0.1) is 0 Å². The minimum absolute atomic E-state index is 0.159. The van der Waals surface area contributed by atoms with Crippen LogP contribution in [0.5, 0.6) is 0 Å². The molecule has 30 heavy (non-hydrogen) atoms. The van der Waals surface area contributed by atoms with Crippen LogP contribution in [0, 0.1) is 0 Å². The molecule has 1 aliphatic rings. The molecule has 0 aliphatic carbocycles. The number of nitrogens with zero attached hydrogens (tertiary/aromatic N) is 5. The van der Waals surface area contributed by atoms with Gasteiger partial charge in [0.05, 0.1) is 24.5 Å². The largest absolute Gasteiger partial charge is 0.480 e. The Kier molecular flexibility index (Phi) is 4.97. The molecule has 1 aromatic carbocycles. The highest BCUT2D eigenvalue weighted by molar-refractivity contribution is 6.10. The molecule has 1 N–H and O–H groups in total. The van der Waals surface area contributed by atoms with Gasteiger partial charge in [0.15, 0.2) is 6.17 Å². The molecular formula is C20H23F3N6O. The SMILES string of the molecule is COC1=NC(c2cnn(C)c2)Nc2c1n(CC(F)(F)F)c1ccc(CN(C)C)cc21. The molecular weight excluding hydrogens is 397 g/mol. The number of nitrogens with one attached hydrogen (secondary N) is 1.